The van der Waals surface area contributed by atoms with Crippen molar-refractivity contribution in [2.24, 2.45) is 4.99 Å². The minimum absolute atomic E-state index is 0.0258. The van der Waals surface area contributed by atoms with Gasteiger partial charge in [0.15, 0.2) is 0 Å². The van der Waals surface area contributed by atoms with E-state index in [4.69, 9.17) is 0 Å². The van der Waals surface area contributed by atoms with Gasteiger partial charge in [-0.25, -0.2) is 4.79 Å². The minimum Gasteiger partial charge on any atom is -0.494 e. The highest BCUT2D eigenvalue weighted by molar-refractivity contribution is 5.81. The fourth-order valence-electron chi connectivity index (χ4n) is 1.89. The van der Waals surface area contributed by atoms with Crippen LogP contribution in [0.3, 0.4) is 0 Å². The van der Waals surface area contributed by atoms with Crippen LogP contribution < -0.4 is 11.2 Å². The lowest BCUT2D eigenvalue weighted by Gasteiger charge is -2.14. The van der Waals surface area contributed by atoms with Gasteiger partial charge in [0.1, 0.15) is 5.56 Å². The topological polar surface area (TPSA) is 90.7 Å². The number of aromatic hydroxyl groups is 1. The van der Waals surface area contributed by atoms with Gasteiger partial charge < -0.3 is 5.11 Å². The lowest BCUT2D eigenvalue weighted by molar-refractivity contribution is 0.315. The van der Waals surface area contributed by atoms with Crippen LogP contribution in [-0.2, 0) is 6.54 Å². The molecule has 21 heavy (non-hydrogen) atoms. The molecular weight excluding hydrogens is 272 g/mol. The average Bonchev–Trinajstić information content (AvgIpc) is 2.46. The highest BCUT2D eigenvalue weighted by Crippen LogP contribution is 2.09. The third kappa shape index (κ3) is 4.56. The standard InChI is InChI=1S/C14H24N4O3/c1-4-7-8-18-13(20)11(12(19)16-14(18)21)9-15-10-17(5-2)6-3/h9,20H,4-8,10H2,1-3H3,(H,16,19,21)/b15-9+. The fourth-order valence-corrected chi connectivity index (χ4v) is 1.89. The predicted octanol–water partition coefficient (Wildman–Crippen LogP) is 0.760. The van der Waals surface area contributed by atoms with Crippen molar-refractivity contribution < 1.29 is 5.11 Å². The third-order valence-electron chi connectivity index (χ3n) is 3.34. The van der Waals surface area contributed by atoms with Crippen molar-refractivity contribution in [3.63, 3.8) is 0 Å². The zero-order valence-electron chi connectivity index (χ0n) is 12.9. The van der Waals surface area contributed by atoms with Gasteiger partial charge in [0.05, 0.1) is 6.67 Å². The Bertz CT molecular complexity index is 585. The summed E-state index contributed by atoms with van der Waals surface area (Å²) in [5.74, 6) is -0.319. The number of nitrogens with one attached hydrogen (secondary N) is 1. The molecule has 1 aromatic heterocycles. The number of rotatable bonds is 8. The van der Waals surface area contributed by atoms with Crippen LogP contribution in [0.15, 0.2) is 14.6 Å². The summed E-state index contributed by atoms with van der Waals surface area (Å²) >= 11 is 0. The zero-order chi connectivity index (χ0) is 15.8. The smallest absolute Gasteiger partial charge is 0.331 e. The van der Waals surface area contributed by atoms with Crippen LogP contribution in [0.25, 0.3) is 0 Å². The molecule has 0 aliphatic rings. The molecule has 0 saturated heterocycles. The molecule has 118 valence electrons. The molecular formula is C14H24N4O3. The molecule has 1 heterocycles. The number of hydrogen-bond donors (Lipinski definition) is 2. The molecule has 0 aromatic carbocycles. The largest absolute Gasteiger partial charge is 0.494 e. The van der Waals surface area contributed by atoms with Crippen molar-refractivity contribution in [1.29, 1.82) is 0 Å². The van der Waals surface area contributed by atoms with E-state index in [0.29, 0.717) is 13.2 Å². The molecule has 2 N–H and O–H groups in total. The molecule has 7 nitrogen and oxygen atoms in total. The van der Waals surface area contributed by atoms with Gasteiger partial charge in [-0.2, -0.15) is 0 Å². The molecule has 0 fully saturated rings. The van der Waals surface area contributed by atoms with Gasteiger partial charge in [-0.05, 0) is 19.5 Å². The second-order valence-corrected chi connectivity index (χ2v) is 4.76. The van der Waals surface area contributed by atoms with E-state index in [1.807, 2.05) is 20.8 Å². The molecule has 0 spiro atoms. The predicted molar refractivity (Wildman–Crippen MR) is 83.3 cm³/mol. The summed E-state index contributed by atoms with van der Waals surface area (Å²) in [5.41, 5.74) is -1.18. The maximum absolute atomic E-state index is 11.8. The molecule has 0 amide bonds. The number of unbranched alkanes of at least 4 members (excludes halogenated alkanes) is 1. The second-order valence-electron chi connectivity index (χ2n) is 4.76. The SMILES string of the molecule is CCCCn1c(O)c(/C=N/CN(CC)CC)c(=O)[nH]c1=O. The maximum atomic E-state index is 11.8. The van der Waals surface area contributed by atoms with E-state index in [-0.39, 0.29) is 11.4 Å². The molecule has 7 heteroatoms. The number of H-pyrrole nitrogens is 1. The molecule has 0 saturated carbocycles. The highest BCUT2D eigenvalue weighted by Gasteiger charge is 2.12. The van der Waals surface area contributed by atoms with Crippen molar-refractivity contribution in [1.82, 2.24) is 14.5 Å². The minimum atomic E-state index is -0.617. The van der Waals surface area contributed by atoms with E-state index in [0.717, 1.165) is 25.9 Å². The lowest BCUT2D eigenvalue weighted by atomic mass is 10.3. The van der Waals surface area contributed by atoms with E-state index < -0.39 is 11.2 Å². The first kappa shape index (κ1) is 17.2. The number of aromatic nitrogens is 2. The van der Waals surface area contributed by atoms with Crippen LogP contribution in [0.1, 0.15) is 39.2 Å². The summed E-state index contributed by atoms with van der Waals surface area (Å²) in [4.78, 5) is 31.9. The molecule has 1 aromatic rings. The summed E-state index contributed by atoms with van der Waals surface area (Å²) in [5, 5.41) is 10.1. The molecule has 1 rings (SSSR count). The Hall–Kier alpha value is -1.89. The van der Waals surface area contributed by atoms with E-state index in [9.17, 15) is 14.7 Å². The summed E-state index contributed by atoms with van der Waals surface area (Å²) in [6.45, 7) is 8.55. The van der Waals surface area contributed by atoms with Crippen molar-refractivity contribution in [2.45, 2.75) is 40.2 Å². The molecule has 0 radical (unpaired) electrons. The fraction of sp³-hybridized carbons (Fsp3) is 0.643. The van der Waals surface area contributed by atoms with E-state index >= 15 is 0 Å². The van der Waals surface area contributed by atoms with Gasteiger partial charge in [0.25, 0.3) is 5.56 Å². The number of nitrogens with zero attached hydrogens (tertiary/aromatic N) is 3. The van der Waals surface area contributed by atoms with Gasteiger partial charge in [-0.1, -0.05) is 27.2 Å². The lowest BCUT2D eigenvalue weighted by Crippen LogP contribution is -2.32. The first-order valence-electron chi connectivity index (χ1n) is 7.33. The Morgan fingerprint density at radius 3 is 2.52 bits per heavy atom. The number of hydrogen-bond acceptors (Lipinski definition) is 5. The van der Waals surface area contributed by atoms with Crippen LogP contribution >= 0.6 is 0 Å². The summed E-state index contributed by atoms with van der Waals surface area (Å²) < 4.78 is 1.17. The van der Waals surface area contributed by atoms with Crippen LogP contribution in [0.5, 0.6) is 5.88 Å². The number of aromatic amines is 1. The van der Waals surface area contributed by atoms with E-state index in [1.54, 1.807) is 0 Å². The van der Waals surface area contributed by atoms with Gasteiger partial charge in [0, 0.05) is 12.8 Å². The van der Waals surface area contributed by atoms with Gasteiger partial charge in [0.2, 0.25) is 5.88 Å². The summed E-state index contributed by atoms with van der Waals surface area (Å²) in [7, 11) is 0. The Morgan fingerprint density at radius 1 is 1.29 bits per heavy atom. The van der Waals surface area contributed by atoms with Gasteiger partial charge in [-0.15, -0.1) is 0 Å². The second kappa shape index (κ2) is 8.41. The highest BCUT2D eigenvalue weighted by atomic mass is 16.3. The molecule has 0 aliphatic heterocycles. The van der Waals surface area contributed by atoms with Crippen molar-refractivity contribution >= 4 is 6.21 Å². The first-order valence-corrected chi connectivity index (χ1v) is 7.33. The van der Waals surface area contributed by atoms with Crippen LogP contribution in [0.2, 0.25) is 0 Å². The van der Waals surface area contributed by atoms with Crippen LogP contribution in [0.4, 0.5) is 0 Å². The quantitative estimate of drug-likeness (QED) is 0.693. The maximum Gasteiger partial charge on any atom is 0.331 e. The van der Waals surface area contributed by atoms with Gasteiger partial charge in [-0.3, -0.25) is 24.2 Å². The average molecular weight is 296 g/mol. The van der Waals surface area contributed by atoms with Crippen LogP contribution in [-0.4, -0.2) is 45.5 Å². The van der Waals surface area contributed by atoms with Crippen molar-refractivity contribution in [3.05, 3.63) is 26.4 Å². The van der Waals surface area contributed by atoms with Crippen molar-refractivity contribution in [3.8, 4) is 5.88 Å². The van der Waals surface area contributed by atoms with Gasteiger partial charge >= 0.3 is 5.69 Å². The monoisotopic (exact) mass is 296 g/mol. The Labute approximate surface area is 124 Å². The first-order chi connectivity index (χ1) is 10.0. The zero-order valence-corrected chi connectivity index (χ0v) is 12.9. The van der Waals surface area contributed by atoms with Crippen molar-refractivity contribution in [2.75, 3.05) is 19.8 Å². The summed E-state index contributed by atoms with van der Waals surface area (Å²) in [6, 6.07) is 0. The van der Waals surface area contributed by atoms with Crippen LogP contribution in [0, 0.1) is 0 Å². The molecule has 0 unspecified atom stereocenters. The Balaban J connectivity index is 3.04. The number of aliphatic imine (C=N–C) groups is 1. The molecule has 0 atom stereocenters. The van der Waals surface area contributed by atoms with E-state index in [2.05, 4.69) is 14.9 Å². The molecule has 0 bridgehead atoms. The third-order valence-corrected chi connectivity index (χ3v) is 3.34. The Morgan fingerprint density at radius 2 is 1.95 bits per heavy atom. The normalized spacial score (nSPS) is 11.6. The Kier molecular flexibility index (Phi) is 6.87. The summed E-state index contributed by atoms with van der Waals surface area (Å²) in [6.07, 6.45) is 2.96. The molecule has 0 aliphatic carbocycles. The van der Waals surface area contributed by atoms with E-state index in [1.165, 1.54) is 10.8 Å².